The number of likely N-dealkylation sites (tertiary alicyclic amines) is 1. The predicted molar refractivity (Wildman–Crippen MR) is 72.2 cm³/mol. The summed E-state index contributed by atoms with van der Waals surface area (Å²) in [5.74, 6) is 1.48. The van der Waals surface area contributed by atoms with Crippen molar-refractivity contribution in [2.75, 3.05) is 26.2 Å². The van der Waals surface area contributed by atoms with Crippen LogP contribution in [0.1, 0.15) is 30.1 Å². The molecule has 1 saturated heterocycles. The van der Waals surface area contributed by atoms with Gasteiger partial charge in [0.25, 0.3) is 0 Å². The predicted octanol–water partition coefficient (Wildman–Crippen LogP) is 2.61. The maximum absolute atomic E-state index is 10.8. The molecule has 1 aliphatic heterocycles. The monoisotopic (exact) mass is 247 g/mol. The molecule has 0 N–H and O–H groups in total. The number of piperidine rings is 1. The van der Waals surface area contributed by atoms with Crippen LogP contribution < -0.4 is 4.74 Å². The highest BCUT2D eigenvalue weighted by Gasteiger charge is 2.15. The fourth-order valence-electron chi connectivity index (χ4n) is 2.48. The van der Waals surface area contributed by atoms with Gasteiger partial charge in [-0.25, -0.2) is 0 Å². The molecule has 2 rings (SSSR count). The lowest BCUT2D eigenvalue weighted by molar-refractivity contribution is 0.111. The van der Waals surface area contributed by atoms with E-state index in [-0.39, 0.29) is 0 Å². The number of carbonyl (C=O) groups is 1. The molecule has 3 heteroatoms. The minimum atomic E-state index is 0.629. The van der Waals surface area contributed by atoms with E-state index in [1.54, 1.807) is 6.07 Å². The molecule has 0 radical (unpaired) electrons. The molecule has 98 valence electrons. The van der Waals surface area contributed by atoms with Gasteiger partial charge < -0.3 is 4.74 Å². The van der Waals surface area contributed by atoms with Gasteiger partial charge in [-0.1, -0.05) is 19.1 Å². The number of nitrogens with zero attached hydrogens (tertiary/aromatic N) is 1. The van der Waals surface area contributed by atoms with Crippen molar-refractivity contribution in [1.82, 2.24) is 4.90 Å². The summed E-state index contributed by atoms with van der Waals surface area (Å²) in [6, 6.07) is 7.38. The zero-order chi connectivity index (χ0) is 12.8. The van der Waals surface area contributed by atoms with Crippen LogP contribution in [0.5, 0.6) is 5.75 Å². The van der Waals surface area contributed by atoms with Crippen molar-refractivity contribution < 1.29 is 9.53 Å². The van der Waals surface area contributed by atoms with Gasteiger partial charge in [0, 0.05) is 13.1 Å². The lowest BCUT2D eigenvalue weighted by Gasteiger charge is -2.30. The van der Waals surface area contributed by atoms with Crippen molar-refractivity contribution in [2.24, 2.45) is 5.92 Å². The van der Waals surface area contributed by atoms with Gasteiger partial charge in [-0.3, -0.25) is 9.69 Å². The average molecular weight is 247 g/mol. The molecule has 1 fully saturated rings. The minimum absolute atomic E-state index is 0.629. The first kappa shape index (κ1) is 13.1. The third-order valence-electron chi connectivity index (χ3n) is 3.45. The number of ether oxygens (including phenoxy) is 1. The second-order valence-corrected chi connectivity index (χ2v) is 5.05. The molecule has 1 aromatic carbocycles. The average Bonchev–Trinajstić information content (AvgIpc) is 2.39. The minimum Gasteiger partial charge on any atom is -0.492 e. The molecular formula is C15H21NO2. The van der Waals surface area contributed by atoms with Crippen molar-refractivity contribution in [3.05, 3.63) is 29.8 Å². The molecule has 0 aliphatic carbocycles. The Morgan fingerprint density at radius 3 is 3.06 bits per heavy atom. The molecule has 1 aliphatic rings. The van der Waals surface area contributed by atoms with E-state index < -0.39 is 0 Å². The zero-order valence-corrected chi connectivity index (χ0v) is 11.0. The largest absolute Gasteiger partial charge is 0.492 e. The SMILES string of the molecule is CC1CCCN(CCOc2ccccc2C=O)C1. The molecule has 1 aromatic rings. The number of rotatable bonds is 5. The summed E-state index contributed by atoms with van der Waals surface area (Å²) in [7, 11) is 0. The number of benzene rings is 1. The van der Waals surface area contributed by atoms with Gasteiger partial charge in [0.15, 0.2) is 6.29 Å². The van der Waals surface area contributed by atoms with Crippen LogP contribution in [0.3, 0.4) is 0 Å². The standard InChI is InChI=1S/C15H21NO2/c1-13-5-4-8-16(11-13)9-10-18-15-7-3-2-6-14(15)12-17/h2-3,6-7,12-13H,4-5,8-11H2,1H3. The van der Waals surface area contributed by atoms with Crippen LogP contribution in [0.4, 0.5) is 0 Å². The third-order valence-corrected chi connectivity index (χ3v) is 3.45. The van der Waals surface area contributed by atoms with Crippen LogP contribution in [-0.4, -0.2) is 37.4 Å². The van der Waals surface area contributed by atoms with Gasteiger partial charge in [0.1, 0.15) is 12.4 Å². The van der Waals surface area contributed by atoms with E-state index in [1.807, 2.05) is 18.2 Å². The summed E-state index contributed by atoms with van der Waals surface area (Å²) in [5, 5.41) is 0. The van der Waals surface area contributed by atoms with Gasteiger partial charge in [-0.15, -0.1) is 0 Å². The fraction of sp³-hybridized carbons (Fsp3) is 0.533. The lowest BCUT2D eigenvalue weighted by atomic mass is 10.0. The van der Waals surface area contributed by atoms with Crippen LogP contribution in [0.25, 0.3) is 0 Å². The Kier molecular flexibility index (Phi) is 4.76. The van der Waals surface area contributed by atoms with Crippen LogP contribution in [0.15, 0.2) is 24.3 Å². The van der Waals surface area contributed by atoms with Gasteiger partial charge in [-0.05, 0) is 37.4 Å². The number of hydrogen-bond acceptors (Lipinski definition) is 3. The molecule has 0 spiro atoms. The molecule has 1 atom stereocenters. The highest BCUT2D eigenvalue weighted by Crippen LogP contribution is 2.17. The molecule has 3 nitrogen and oxygen atoms in total. The molecular weight excluding hydrogens is 226 g/mol. The van der Waals surface area contributed by atoms with Crippen molar-refractivity contribution in [2.45, 2.75) is 19.8 Å². The van der Waals surface area contributed by atoms with Crippen LogP contribution >= 0.6 is 0 Å². The first-order valence-corrected chi connectivity index (χ1v) is 6.69. The highest BCUT2D eigenvalue weighted by molar-refractivity contribution is 5.79. The number of carbonyl (C=O) groups excluding carboxylic acids is 1. The van der Waals surface area contributed by atoms with E-state index in [4.69, 9.17) is 4.74 Å². The number of aldehydes is 1. The van der Waals surface area contributed by atoms with Crippen molar-refractivity contribution >= 4 is 6.29 Å². The van der Waals surface area contributed by atoms with Crippen LogP contribution in [0, 0.1) is 5.92 Å². The van der Waals surface area contributed by atoms with Crippen LogP contribution in [0.2, 0.25) is 0 Å². The zero-order valence-electron chi connectivity index (χ0n) is 11.0. The Balaban J connectivity index is 1.79. The van der Waals surface area contributed by atoms with E-state index in [0.29, 0.717) is 17.9 Å². The van der Waals surface area contributed by atoms with Gasteiger partial charge >= 0.3 is 0 Å². The highest BCUT2D eigenvalue weighted by atomic mass is 16.5. The maximum atomic E-state index is 10.8. The molecule has 0 saturated carbocycles. The summed E-state index contributed by atoms with van der Waals surface area (Å²) in [4.78, 5) is 13.3. The van der Waals surface area contributed by atoms with E-state index >= 15 is 0 Å². The quantitative estimate of drug-likeness (QED) is 0.749. The van der Waals surface area contributed by atoms with Gasteiger partial charge in [-0.2, -0.15) is 0 Å². The lowest BCUT2D eigenvalue weighted by Crippen LogP contribution is -2.37. The third kappa shape index (κ3) is 3.57. The second-order valence-electron chi connectivity index (χ2n) is 5.05. The van der Waals surface area contributed by atoms with Gasteiger partial charge in [0.2, 0.25) is 0 Å². The van der Waals surface area contributed by atoms with E-state index in [2.05, 4.69) is 11.8 Å². The Hall–Kier alpha value is -1.35. The first-order chi connectivity index (χ1) is 8.79. The Bertz CT molecular complexity index is 392. The molecule has 0 amide bonds. The summed E-state index contributed by atoms with van der Waals surface area (Å²) < 4.78 is 5.69. The van der Waals surface area contributed by atoms with Crippen molar-refractivity contribution in [3.63, 3.8) is 0 Å². The molecule has 0 bridgehead atoms. The molecule has 1 unspecified atom stereocenters. The molecule has 0 aromatic heterocycles. The fourth-order valence-corrected chi connectivity index (χ4v) is 2.48. The first-order valence-electron chi connectivity index (χ1n) is 6.69. The summed E-state index contributed by atoms with van der Waals surface area (Å²) in [6.07, 6.45) is 3.47. The maximum Gasteiger partial charge on any atom is 0.153 e. The van der Waals surface area contributed by atoms with Crippen LogP contribution in [-0.2, 0) is 0 Å². The van der Waals surface area contributed by atoms with E-state index in [9.17, 15) is 4.79 Å². The Morgan fingerprint density at radius 1 is 1.44 bits per heavy atom. The Labute approximate surface area is 109 Å². The smallest absolute Gasteiger partial charge is 0.153 e. The second kappa shape index (κ2) is 6.55. The van der Waals surface area contributed by atoms with Crippen molar-refractivity contribution in [3.8, 4) is 5.75 Å². The summed E-state index contributed by atoms with van der Waals surface area (Å²) in [5.41, 5.74) is 0.629. The topological polar surface area (TPSA) is 29.5 Å². The van der Waals surface area contributed by atoms with Gasteiger partial charge in [0.05, 0.1) is 5.56 Å². The molecule has 18 heavy (non-hydrogen) atoms. The van der Waals surface area contributed by atoms with E-state index in [1.165, 1.54) is 25.9 Å². The van der Waals surface area contributed by atoms with E-state index in [0.717, 1.165) is 18.7 Å². The number of para-hydroxylation sites is 1. The summed E-state index contributed by atoms with van der Waals surface area (Å²) >= 11 is 0. The molecule has 1 heterocycles. The Morgan fingerprint density at radius 2 is 2.28 bits per heavy atom. The van der Waals surface area contributed by atoms with Crippen molar-refractivity contribution in [1.29, 1.82) is 0 Å². The number of hydrogen-bond donors (Lipinski definition) is 0. The summed E-state index contributed by atoms with van der Waals surface area (Å²) in [6.45, 7) is 6.23. The normalized spacial score (nSPS) is 20.6.